The van der Waals surface area contributed by atoms with Crippen LogP contribution in [0.3, 0.4) is 0 Å². The van der Waals surface area contributed by atoms with E-state index in [-0.39, 0.29) is 42.8 Å². The highest BCUT2D eigenvalue weighted by Gasteiger charge is 2.23. The molecule has 0 aliphatic rings. The fraction of sp³-hybridized carbons (Fsp3) is 0.350. The predicted molar refractivity (Wildman–Crippen MR) is 117 cm³/mol. The summed E-state index contributed by atoms with van der Waals surface area (Å²) in [6, 6.07) is 5.74. The molecule has 0 unspecified atom stereocenters. The number of hydrogen-bond donors (Lipinski definition) is 2. The Hall–Kier alpha value is -3.73. The van der Waals surface area contributed by atoms with Gasteiger partial charge in [0.2, 0.25) is 0 Å². The Bertz CT molecular complexity index is 1100. The maximum Gasteiger partial charge on any atom is 0.330 e. The molecule has 2 aromatic rings. The molecule has 11 heteroatoms. The van der Waals surface area contributed by atoms with Crippen molar-refractivity contribution < 1.29 is 14.5 Å². The number of nitrogens with two attached hydrogens (primary N) is 1. The minimum atomic E-state index is -0.796. The van der Waals surface area contributed by atoms with E-state index in [1.54, 1.807) is 6.07 Å². The van der Waals surface area contributed by atoms with Gasteiger partial charge in [0.1, 0.15) is 5.82 Å². The van der Waals surface area contributed by atoms with E-state index in [1.165, 1.54) is 42.0 Å². The number of amides is 1. The Morgan fingerprint density at radius 1 is 1.39 bits per heavy atom. The van der Waals surface area contributed by atoms with Gasteiger partial charge in [-0.3, -0.25) is 34.2 Å². The first-order valence-corrected chi connectivity index (χ1v) is 9.51. The molecule has 0 radical (unpaired) electrons. The number of aromatic nitrogens is 2. The van der Waals surface area contributed by atoms with Crippen LogP contribution in [0.4, 0.5) is 17.2 Å². The summed E-state index contributed by atoms with van der Waals surface area (Å²) in [5.74, 6) is -0.665. The molecule has 31 heavy (non-hydrogen) atoms. The molecule has 0 aliphatic heterocycles. The Morgan fingerprint density at radius 2 is 2.10 bits per heavy atom. The third-order valence-corrected chi connectivity index (χ3v) is 4.32. The number of rotatable bonds is 9. The second kappa shape index (κ2) is 10.3. The van der Waals surface area contributed by atoms with E-state index in [0.717, 1.165) is 4.90 Å². The fourth-order valence-corrected chi connectivity index (χ4v) is 2.90. The fourth-order valence-electron chi connectivity index (χ4n) is 2.90. The van der Waals surface area contributed by atoms with E-state index in [9.17, 15) is 24.5 Å². The van der Waals surface area contributed by atoms with Crippen molar-refractivity contribution in [3.05, 3.63) is 66.9 Å². The average Bonchev–Trinajstić information content (AvgIpc) is 2.71. The van der Waals surface area contributed by atoms with Crippen LogP contribution in [0.5, 0.6) is 0 Å². The smallest absolute Gasteiger partial charge is 0.330 e. The number of nitrogens with zero attached hydrogens (tertiary/aromatic N) is 3. The summed E-state index contributed by atoms with van der Waals surface area (Å²) in [6.45, 7) is 4.13. The Morgan fingerprint density at radius 3 is 2.71 bits per heavy atom. The van der Waals surface area contributed by atoms with Crippen molar-refractivity contribution >= 4 is 29.2 Å². The zero-order valence-corrected chi connectivity index (χ0v) is 17.5. The monoisotopic (exact) mass is 431 g/mol. The molecule has 1 heterocycles. The van der Waals surface area contributed by atoms with Crippen LogP contribution in [-0.2, 0) is 16.1 Å². The number of nitrogens with one attached hydrogen (secondary N) is 1. The summed E-state index contributed by atoms with van der Waals surface area (Å²) in [6.07, 6.45) is 2.56. The van der Waals surface area contributed by atoms with E-state index in [4.69, 9.17) is 10.5 Å². The van der Waals surface area contributed by atoms with Gasteiger partial charge < -0.3 is 10.5 Å². The summed E-state index contributed by atoms with van der Waals surface area (Å²) < 4.78 is 6.24. The third kappa shape index (κ3) is 5.89. The number of non-ortho nitro benzene ring substituents is 1. The molecule has 1 aromatic carbocycles. The lowest BCUT2D eigenvalue weighted by molar-refractivity contribution is -0.384. The number of carbonyl (C=O) groups excluding carboxylic acids is 1. The van der Waals surface area contributed by atoms with Crippen molar-refractivity contribution in [1.29, 1.82) is 0 Å². The number of H-pyrrole nitrogens is 1. The zero-order chi connectivity index (χ0) is 23.1. The van der Waals surface area contributed by atoms with E-state index in [0.29, 0.717) is 5.56 Å². The van der Waals surface area contributed by atoms with Gasteiger partial charge in [0.15, 0.2) is 5.69 Å². The van der Waals surface area contributed by atoms with Gasteiger partial charge in [-0.15, -0.1) is 0 Å². The molecule has 166 valence electrons. The topological polar surface area (TPSA) is 154 Å². The largest absolute Gasteiger partial charge is 0.383 e. The van der Waals surface area contributed by atoms with Crippen LogP contribution in [0.25, 0.3) is 6.08 Å². The molecule has 2 rings (SSSR count). The van der Waals surface area contributed by atoms with Crippen molar-refractivity contribution in [2.24, 2.45) is 5.92 Å². The number of benzene rings is 1. The summed E-state index contributed by atoms with van der Waals surface area (Å²) in [5, 5.41) is 10.9. The number of anilines is 2. The number of aromatic amines is 1. The minimum absolute atomic E-state index is 0.00176. The lowest BCUT2D eigenvalue weighted by atomic mass is 10.2. The average molecular weight is 431 g/mol. The van der Waals surface area contributed by atoms with Gasteiger partial charge in [-0.25, -0.2) is 4.79 Å². The van der Waals surface area contributed by atoms with Gasteiger partial charge in [0.05, 0.1) is 11.5 Å². The maximum absolute atomic E-state index is 12.9. The zero-order valence-electron chi connectivity index (χ0n) is 17.5. The van der Waals surface area contributed by atoms with E-state index in [2.05, 4.69) is 4.98 Å². The van der Waals surface area contributed by atoms with Crippen molar-refractivity contribution in [2.45, 2.75) is 20.4 Å². The number of hydrogen-bond acceptors (Lipinski definition) is 7. The number of ether oxygens (including phenoxy) is 1. The number of nitro groups is 1. The molecule has 0 bridgehead atoms. The molecule has 0 atom stereocenters. The van der Waals surface area contributed by atoms with Crippen LogP contribution in [-0.4, -0.2) is 40.6 Å². The lowest BCUT2D eigenvalue weighted by Crippen LogP contribution is -2.42. The molecule has 1 aromatic heterocycles. The summed E-state index contributed by atoms with van der Waals surface area (Å²) in [4.78, 5) is 51.3. The summed E-state index contributed by atoms with van der Waals surface area (Å²) in [7, 11) is 1.44. The van der Waals surface area contributed by atoms with Gasteiger partial charge in [0, 0.05) is 38.4 Å². The van der Waals surface area contributed by atoms with E-state index < -0.39 is 22.1 Å². The van der Waals surface area contributed by atoms with Crippen LogP contribution in [0.2, 0.25) is 0 Å². The number of carbonyl (C=O) groups is 1. The normalized spacial score (nSPS) is 11.2. The van der Waals surface area contributed by atoms with Crippen LogP contribution in [0, 0.1) is 16.0 Å². The molecular formula is C20H25N5O6. The summed E-state index contributed by atoms with van der Waals surface area (Å²) in [5.41, 5.74) is 4.81. The number of nitrogen functional groups attached to an aromatic ring is 1. The number of methoxy groups -OCH3 is 1. The van der Waals surface area contributed by atoms with Gasteiger partial charge in [-0.1, -0.05) is 26.0 Å². The molecular weight excluding hydrogens is 406 g/mol. The molecule has 0 saturated heterocycles. The SMILES string of the molecule is COCCN(C(=O)/C=C/c1cccc([N+](=O)[O-])c1)c1c(N)n(CC(C)C)c(=O)[nH]c1=O. The second-order valence-corrected chi connectivity index (χ2v) is 7.17. The van der Waals surface area contributed by atoms with Gasteiger partial charge in [-0.05, 0) is 17.6 Å². The third-order valence-electron chi connectivity index (χ3n) is 4.32. The van der Waals surface area contributed by atoms with Crippen LogP contribution in [0.1, 0.15) is 19.4 Å². The molecule has 3 N–H and O–H groups in total. The highest BCUT2D eigenvalue weighted by atomic mass is 16.6. The maximum atomic E-state index is 12.9. The molecule has 0 saturated carbocycles. The van der Waals surface area contributed by atoms with Gasteiger partial charge in [-0.2, -0.15) is 0 Å². The van der Waals surface area contributed by atoms with E-state index in [1.807, 2.05) is 13.8 Å². The highest BCUT2D eigenvalue weighted by molar-refractivity contribution is 6.05. The molecule has 0 aliphatic carbocycles. The molecule has 0 spiro atoms. The van der Waals surface area contributed by atoms with Gasteiger partial charge in [0.25, 0.3) is 17.2 Å². The van der Waals surface area contributed by atoms with Crippen LogP contribution < -0.4 is 21.9 Å². The van der Waals surface area contributed by atoms with E-state index >= 15 is 0 Å². The molecule has 1 amide bonds. The predicted octanol–water partition coefficient (Wildman–Crippen LogP) is 1.38. The van der Waals surface area contributed by atoms with Crippen molar-refractivity contribution in [3.8, 4) is 0 Å². The van der Waals surface area contributed by atoms with Crippen LogP contribution >= 0.6 is 0 Å². The van der Waals surface area contributed by atoms with Gasteiger partial charge >= 0.3 is 5.69 Å². The van der Waals surface area contributed by atoms with Crippen LogP contribution in [0.15, 0.2) is 39.9 Å². The van der Waals surface area contributed by atoms with Crippen molar-refractivity contribution in [3.63, 3.8) is 0 Å². The number of nitro benzene ring substituents is 1. The quantitative estimate of drug-likeness (QED) is 0.345. The Labute approximate surface area is 177 Å². The molecule has 0 fully saturated rings. The Balaban J connectivity index is 2.47. The standard InChI is InChI=1S/C20H25N5O6/c1-13(2)12-24-18(21)17(19(27)22-20(24)28)23(9-10-31-3)16(26)8-7-14-5-4-6-15(11-14)25(29)30/h4-8,11,13H,9-10,12,21H2,1-3H3,(H,22,27,28)/b8-7+. The first-order chi connectivity index (χ1) is 14.6. The minimum Gasteiger partial charge on any atom is -0.383 e. The first-order valence-electron chi connectivity index (χ1n) is 9.51. The highest BCUT2D eigenvalue weighted by Crippen LogP contribution is 2.19. The summed E-state index contributed by atoms with van der Waals surface area (Å²) >= 11 is 0. The molecule has 11 nitrogen and oxygen atoms in total. The lowest BCUT2D eigenvalue weighted by Gasteiger charge is -2.23. The Kier molecular flexibility index (Phi) is 7.86. The van der Waals surface area contributed by atoms with Crippen molar-refractivity contribution in [2.75, 3.05) is 30.9 Å². The second-order valence-electron chi connectivity index (χ2n) is 7.17. The van der Waals surface area contributed by atoms with Crippen molar-refractivity contribution in [1.82, 2.24) is 9.55 Å². The first kappa shape index (κ1) is 23.5.